The fraction of sp³-hybridized carbons (Fsp3) is 0.462. The Morgan fingerprint density at radius 3 is 2.94 bits per heavy atom. The van der Waals surface area contributed by atoms with Crippen LogP contribution in [0.15, 0.2) is 23.4 Å². The summed E-state index contributed by atoms with van der Waals surface area (Å²) in [4.78, 5) is 22.3. The maximum absolute atomic E-state index is 11.4. The zero-order valence-corrected chi connectivity index (χ0v) is 9.81. The second-order valence-electron chi connectivity index (χ2n) is 4.27. The van der Waals surface area contributed by atoms with E-state index in [1.807, 2.05) is 6.07 Å². The summed E-state index contributed by atoms with van der Waals surface area (Å²) in [5, 5.41) is 3.17. The Balaban J connectivity index is 2.43. The number of hydrogen-bond donors (Lipinski definition) is 0. The normalized spacial score (nSPS) is 19.0. The Kier molecular flexibility index (Phi) is 3.52. The summed E-state index contributed by atoms with van der Waals surface area (Å²) in [6, 6.07) is 5.08. The number of ether oxygens (including phenoxy) is 1. The number of carbonyl (C=O) groups is 1. The number of hydrogen-bond acceptors (Lipinski definition) is 4. The molecule has 0 heterocycles. The van der Waals surface area contributed by atoms with E-state index in [9.17, 15) is 9.70 Å². The molecule has 0 aliphatic heterocycles. The molecule has 4 nitrogen and oxygen atoms in total. The lowest BCUT2D eigenvalue weighted by Crippen LogP contribution is -2.05. The zero-order chi connectivity index (χ0) is 12.3. The number of methoxy groups -OCH3 is 1. The highest BCUT2D eigenvalue weighted by molar-refractivity contribution is 5.89. The Morgan fingerprint density at radius 2 is 2.24 bits per heavy atom. The molecule has 1 aliphatic rings. The average molecular weight is 233 g/mol. The van der Waals surface area contributed by atoms with Crippen molar-refractivity contribution in [1.82, 2.24) is 0 Å². The van der Waals surface area contributed by atoms with Crippen LogP contribution in [0.5, 0.6) is 0 Å². The lowest BCUT2D eigenvalue weighted by atomic mass is 9.97. The minimum absolute atomic E-state index is 0.322. The van der Waals surface area contributed by atoms with E-state index in [2.05, 4.69) is 9.91 Å². The van der Waals surface area contributed by atoms with Crippen LogP contribution in [0.4, 0.5) is 0 Å². The minimum atomic E-state index is -0.373. The third kappa shape index (κ3) is 2.35. The molecule has 0 radical (unpaired) electrons. The molecule has 2 rings (SSSR count). The van der Waals surface area contributed by atoms with Crippen molar-refractivity contribution in [3.8, 4) is 0 Å². The molecule has 1 aliphatic carbocycles. The highest BCUT2D eigenvalue weighted by atomic mass is 16.5. The predicted molar refractivity (Wildman–Crippen MR) is 63.9 cm³/mol. The molecule has 4 heteroatoms. The molecule has 0 bridgehead atoms. The zero-order valence-electron chi connectivity index (χ0n) is 9.81. The fourth-order valence-corrected chi connectivity index (χ4v) is 2.30. The molecule has 0 fully saturated rings. The van der Waals surface area contributed by atoms with Gasteiger partial charge in [-0.05, 0) is 42.5 Å². The summed E-state index contributed by atoms with van der Waals surface area (Å²) in [6.07, 6.45) is 3.78. The molecule has 0 N–H and O–H groups in total. The van der Waals surface area contributed by atoms with Gasteiger partial charge < -0.3 is 4.74 Å². The first-order chi connectivity index (χ1) is 8.26. The number of carbonyl (C=O) groups excluding carboxylic acids is 1. The molecule has 0 aromatic heterocycles. The molecule has 1 atom stereocenters. The summed E-state index contributed by atoms with van der Waals surface area (Å²) < 4.78 is 4.68. The predicted octanol–water partition coefficient (Wildman–Crippen LogP) is 3.01. The third-order valence-electron chi connectivity index (χ3n) is 3.23. The van der Waals surface area contributed by atoms with Gasteiger partial charge in [-0.3, -0.25) is 0 Å². The van der Waals surface area contributed by atoms with Gasteiger partial charge in [-0.1, -0.05) is 17.7 Å². The average Bonchev–Trinajstić information content (AvgIpc) is 2.58. The second kappa shape index (κ2) is 5.08. The van der Waals surface area contributed by atoms with E-state index in [1.165, 1.54) is 7.11 Å². The smallest absolute Gasteiger partial charge is 0.337 e. The number of nitrogens with zero attached hydrogens (tertiary/aromatic N) is 1. The largest absolute Gasteiger partial charge is 0.465 e. The molecule has 1 unspecified atom stereocenters. The van der Waals surface area contributed by atoms with Crippen molar-refractivity contribution in [3.63, 3.8) is 0 Å². The fourth-order valence-electron chi connectivity index (χ4n) is 2.30. The number of aryl methyl sites for hydroxylation is 1. The SMILES string of the molecule is COC(=O)c1ccc2c(c1)C(N=O)CCCC2. The lowest BCUT2D eigenvalue weighted by Gasteiger charge is -2.11. The first-order valence-corrected chi connectivity index (χ1v) is 5.80. The monoisotopic (exact) mass is 233 g/mol. The Hall–Kier alpha value is -1.71. The van der Waals surface area contributed by atoms with E-state index in [1.54, 1.807) is 12.1 Å². The van der Waals surface area contributed by atoms with Crippen LogP contribution in [-0.2, 0) is 11.2 Å². The van der Waals surface area contributed by atoms with Crippen LogP contribution in [0.3, 0.4) is 0 Å². The highest BCUT2D eigenvalue weighted by Gasteiger charge is 2.20. The highest BCUT2D eigenvalue weighted by Crippen LogP contribution is 2.32. The molecule has 0 amide bonds. The summed E-state index contributed by atoms with van der Waals surface area (Å²) in [5.74, 6) is -0.373. The van der Waals surface area contributed by atoms with Gasteiger partial charge in [0.1, 0.15) is 6.04 Å². The summed E-state index contributed by atoms with van der Waals surface area (Å²) in [7, 11) is 1.35. The summed E-state index contributed by atoms with van der Waals surface area (Å²) >= 11 is 0. The topological polar surface area (TPSA) is 55.7 Å². The van der Waals surface area contributed by atoms with E-state index in [4.69, 9.17) is 0 Å². The number of esters is 1. The van der Waals surface area contributed by atoms with Crippen LogP contribution in [0.2, 0.25) is 0 Å². The quantitative estimate of drug-likeness (QED) is 0.448. The first-order valence-electron chi connectivity index (χ1n) is 5.80. The third-order valence-corrected chi connectivity index (χ3v) is 3.23. The number of nitroso groups, excluding NO2 is 1. The number of benzene rings is 1. The molecule has 0 saturated heterocycles. The molecule has 90 valence electrons. The van der Waals surface area contributed by atoms with Gasteiger partial charge in [-0.2, -0.15) is 4.91 Å². The Bertz CT molecular complexity index is 442. The number of rotatable bonds is 2. The van der Waals surface area contributed by atoms with E-state index in [0.29, 0.717) is 5.56 Å². The van der Waals surface area contributed by atoms with Crippen molar-refractivity contribution in [1.29, 1.82) is 0 Å². The van der Waals surface area contributed by atoms with Crippen LogP contribution < -0.4 is 0 Å². The molecule has 0 spiro atoms. The van der Waals surface area contributed by atoms with Crippen molar-refractivity contribution < 1.29 is 9.53 Å². The Morgan fingerprint density at radius 1 is 1.41 bits per heavy atom. The van der Waals surface area contributed by atoms with Gasteiger partial charge >= 0.3 is 5.97 Å². The van der Waals surface area contributed by atoms with E-state index >= 15 is 0 Å². The number of fused-ring (bicyclic) bond motifs is 1. The van der Waals surface area contributed by atoms with E-state index < -0.39 is 0 Å². The van der Waals surface area contributed by atoms with Crippen molar-refractivity contribution in [2.75, 3.05) is 7.11 Å². The standard InChI is InChI=1S/C13H15NO3/c1-17-13(15)10-7-6-9-4-2-3-5-12(14-16)11(9)8-10/h6-8,12H,2-5H2,1H3. The van der Waals surface area contributed by atoms with Crippen molar-refractivity contribution in [3.05, 3.63) is 39.8 Å². The van der Waals surface area contributed by atoms with Gasteiger partial charge in [0, 0.05) is 0 Å². The van der Waals surface area contributed by atoms with Gasteiger partial charge in [0.2, 0.25) is 0 Å². The van der Waals surface area contributed by atoms with E-state index in [0.717, 1.165) is 36.8 Å². The van der Waals surface area contributed by atoms with Gasteiger partial charge in [-0.15, -0.1) is 0 Å². The molecular formula is C13H15NO3. The summed E-state index contributed by atoms with van der Waals surface area (Å²) in [6.45, 7) is 0. The van der Waals surface area contributed by atoms with Crippen molar-refractivity contribution in [2.45, 2.75) is 31.7 Å². The Labute approximate surface area is 99.9 Å². The van der Waals surface area contributed by atoms with Crippen molar-refractivity contribution >= 4 is 5.97 Å². The maximum Gasteiger partial charge on any atom is 0.337 e. The lowest BCUT2D eigenvalue weighted by molar-refractivity contribution is 0.0600. The first kappa shape index (κ1) is 11.8. The van der Waals surface area contributed by atoms with Gasteiger partial charge in [-0.25, -0.2) is 4.79 Å². The van der Waals surface area contributed by atoms with Crippen LogP contribution >= 0.6 is 0 Å². The van der Waals surface area contributed by atoms with Crippen LogP contribution in [0, 0.1) is 4.91 Å². The maximum atomic E-state index is 11.4. The van der Waals surface area contributed by atoms with Crippen LogP contribution in [0.1, 0.15) is 46.8 Å². The van der Waals surface area contributed by atoms with Gasteiger partial charge in [0.05, 0.1) is 12.7 Å². The molecule has 1 aromatic rings. The molecular weight excluding hydrogens is 218 g/mol. The molecule has 17 heavy (non-hydrogen) atoms. The van der Waals surface area contributed by atoms with Gasteiger partial charge in [0.15, 0.2) is 0 Å². The summed E-state index contributed by atoms with van der Waals surface area (Å²) in [5.41, 5.74) is 2.50. The van der Waals surface area contributed by atoms with Crippen LogP contribution in [0.25, 0.3) is 0 Å². The molecule has 0 saturated carbocycles. The minimum Gasteiger partial charge on any atom is -0.465 e. The second-order valence-corrected chi connectivity index (χ2v) is 4.27. The van der Waals surface area contributed by atoms with E-state index in [-0.39, 0.29) is 12.0 Å². The van der Waals surface area contributed by atoms with Crippen molar-refractivity contribution in [2.24, 2.45) is 5.18 Å². The van der Waals surface area contributed by atoms with Crippen LogP contribution in [-0.4, -0.2) is 13.1 Å². The molecule has 1 aromatic carbocycles. The van der Waals surface area contributed by atoms with Gasteiger partial charge in [0.25, 0.3) is 0 Å².